The minimum atomic E-state index is -0.898. The van der Waals surface area contributed by atoms with Crippen LogP contribution in [0.25, 0.3) is 0 Å². The number of rotatable bonds is 6. The zero-order chi connectivity index (χ0) is 22.2. The summed E-state index contributed by atoms with van der Waals surface area (Å²) in [5.41, 5.74) is 3.82. The van der Waals surface area contributed by atoms with E-state index in [1.807, 2.05) is 30.3 Å². The average Bonchev–Trinajstić information content (AvgIpc) is 3.25. The Morgan fingerprint density at radius 3 is 2.81 bits per heavy atom. The van der Waals surface area contributed by atoms with Gasteiger partial charge in [-0.2, -0.15) is 0 Å². The normalized spacial score (nSPS) is 18.8. The maximum atomic E-state index is 12.7. The van der Waals surface area contributed by atoms with E-state index in [1.165, 1.54) is 5.56 Å². The fourth-order valence-corrected chi connectivity index (χ4v) is 4.87. The Labute approximate surface area is 193 Å². The lowest BCUT2D eigenvalue weighted by atomic mass is 10.1. The fraction of sp³-hybridized carbons (Fsp3) is 0.200. The van der Waals surface area contributed by atoms with Crippen molar-refractivity contribution in [3.05, 3.63) is 93.5 Å². The zero-order valence-corrected chi connectivity index (χ0v) is 18.6. The minimum Gasteiger partial charge on any atom is -0.481 e. The van der Waals surface area contributed by atoms with Gasteiger partial charge in [0.2, 0.25) is 0 Å². The van der Waals surface area contributed by atoms with Gasteiger partial charge in [0, 0.05) is 16.5 Å². The summed E-state index contributed by atoms with van der Waals surface area (Å²) >= 11 is 3.51. The molecule has 3 aromatic rings. The number of carboxylic acid groups (broad SMARTS) is 1. The third-order valence-corrected chi connectivity index (χ3v) is 6.31. The molecule has 1 amide bonds. The quantitative estimate of drug-likeness (QED) is 0.491. The van der Waals surface area contributed by atoms with Crippen LogP contribution in [0.5, 0.6) is 11.5 Å². The highest BCUT2D eigenvalue weighted by atomic mass is 79.9. The van der Waals surface area contributed by atoms with Crippen molar-refractivity contribution in [2.24, 2.45) is 0 Å². The molecule has 1 aliphatic carbocycles. The number of fused-ring (bicyclic) bond motifs is 3. The Morgan fingerprint density at radius 2 is 1.97 bits per heavy atom. The van der Waals surface area contributed by atoms with Gasteiger partial charge in [-0.05, 0) is 47.0 Å². The molecule has 0 aromatic heterocycles. The Balaban J connectivity index is 1.43. The van der Waals surface area contributed by atoms with Crippen LogP contribution in [0, 0.1) is 0 Å². The van der Waals surface area contributed by atoms with Gasteiger partial charge in [0.25, 0.3) is 0 Å². The van der Waals surface area contributed by atoms with Crippen LogP contribution < -0.4 is 4.74 Å². The van der Waals surface area contributed by atoms with Crippen LogP contribution in [-0.2, 0) is 28.9 Å². The molecule has 0 saturated carbocycles. The lowest BCUT2D eigenvalue weighted by molar-refractivity contribution is -0.136. The lowest BCUT2D eigenvalue weighted by Crippen LogP contribution is -2.27. The third kappa shape index (κ3) is 3.96. The van der Waals surface area contributed by atoms with E-state index in [0.717, 1.165) is 22.0 Å². The molecule has 3 aromatic carbocycles. The number of carbonyl (C=O) groups is 2. The van der Waals surface area contributed by atoms with Gasteiger partial charge < -0.3 is 14.6 Å². The fourth-order valence-electron chi connectivity index (χ4n) is 4.46. The topological polar surface area (TPSA) is 76.1 Å². The number of halogens is 1. The zero-order valence-electron chi connectivity index (χ0n) is 17.0. The molecule has 0 bridgehead atoms. The number of amides is 1. The second kappa shape index (κ2) is 8.31. The smallest absolute Gasteiger partial charge is 0.411 e. The molecule has 1 fully saturated rings. The van der Waals surface area contributed by atoms with Gasteiger partial charge in [-0.15, -0.1) is 0 Å². The standard InChI is InChI=1S/C25H20BrNO5/c26-18-8-9-21(31-19-6-3-4-15(10-19)11-23(28)29)17(12-18)14-27-24-20-7-2-1-5-16(20)13-22(24)32-25(27)30/h1-10,12,22,24H,11,13-14H2,(H,28,29)/t22?,24-/m1/s1. The first-order chi connectivity index (χ1) is 15.5. The van der Waals surface area contributed by atoms with Gasteiger partial charge in [-0.25, -0.2) is 4.79 Å². The van der Waals surface area contributed by atoms with Crippen molar-refractivity contribution in [1.29, 1.82) is 0 Å². The second-order valence-electron chi connectivity index (χ2n) is 7.97. The number of hydrogen-bond donors (Lipinski definition) is 1. The van der Waals surface area contributed by atoms with Crippen molar-refractivity contribution in [2.45, 2.75) is 31.5 Å². The van der Waals surface area contributed by atoms with Crippen LogP contribution in [0.3, 0.4) is 0 Å². The van der Waals surface area contributed by atoms with Crippen molar-refractivity contribution in [3.63, 3.8) is 0 Å². The highest BCUT2D eigenvalue weighted by Gasteiger charge is 2.47. The van der Waals surface area contributed by atoms with Crippen LogP contribution in [-0.4, -0.2) is 28.2 Å². The number of nitrogens with zero attached hydrogens (tertiary/aromatic N) is 1. The largest absolute Gasteiger partial charge is 0.481 e. The van der Waals surface area contributed by atoms with Gasteiger partial charge in [0.05, 0.1) is 19.0 Å². The molecule has 1 heterocycles. The molecule has 1 aliphatic heterocycles. The number of aliphatic carboxylic acids is 1. The van der Waals surface area contributed by atoms with Gasteiger partial charge in [-0.1, -0.05) is 52.3 Å². The van der Waals surface area contributed by atoms with Crippen molar-refractivity contribution in [3.8, 4) is 11.5 Å². The summed E-state index contributed by atoms with van der Waals surface area (Å²) < 4.78 is 12.7. The van der Waals surface area contributed by atoms with E-state index in [-0.39, 0.29) is 24.7 Å². The summed E-state index contributed by atoms with van der Waals surface area (Å²) in [5.74, 6) is 0.244. The number of carbonyl (C=O) groups excluding carboxylic acids is 1. The Hall–Kier alpha value is -3.32. The molecular formula is C25H20BrNO5. The summed E-state index contributed by atoms with van der Waals surface area (Å²) in [6.07, 6.45) is 0.140. The van der Waals surface area contributed by atoms with Crippen LogP contribution >= 0.6 is 15.9 Å². The number of benzene rings is 3. The van der Waals surface area contributed by atoms with E-state index in [0.29, 0.717) is 23.6 Å². The monoisotopic (exact) mass is 493 g/mol. The van der Waals surface area contributed by atoms with Crippen LogP contribution in [0.15, 0.2) is 71.2 Å². The summed E-state index contributed by atoms with van der Waals surface area (Å²) in [6.45, 7) is 0.331. The Morgan fingerprint density at radius 1 is 1.12 bits per heavy atom. The van der Waals surface area contributed by atoms with Crippen LogP contribution in [0.2, 0.25) is 0 Å². The van der Waals surface area contributed by atoms with Gasteiger partial charge in [-0.3, -0.25) is 9.69 Å². The number of carboxylic acids is 1. The van der Waals surface area contributed by atoms with Crippen molar-refractivity contribution in [2.75, 3.05) is 0 Å². The summed E-state index contributed by atoms with van der Waals surface area (Å²) in [6, 6.07) is 20.7. The van der Waals surface area contributed by atoms with Crippen LogP contribution in [0.4, 0.5) is 4.79 Å². The van der Waals surface area contributed by atoms with Gasteiger partial charge in [0.15, 0.2) is 0 Å². The Kier molecular flexibility index (Phi) is 5.35. The maximum absolute atomic E-state index is 12.7. The molecule has 1 unspecified atom stereocenters. The molecule has 0 spiro atoms. The SMILES string of the molecule is O=C(O)Cc1cccc(Oc2ccc(Br)cc2CN2C(=O)OC3Cc4ccccc4[C@H]32)c1. The first-order valence-corrected chi connectivity index (χ1v) is 11.1. The molecule has 2 aliphatic rings. The predicted molar refractivity (Wildman–Crippen MR) is 121 cm³/mol. The molecule has 162 valence electrons. The van der Waals surface area contributed by atoms with E-state index in [4.69, 9.17) is 14.6 Å². The van der Waals surface area contributed by atoms with Crippen molar-refractivity contribution in [1.82, 2.24) is 4.90 Å². The molecule has 1 saturated heterocycles. The van der Waals surface area contributed by atoms with Crippen molar-refractivity contribution >= 4 is 28.0 Å². The van der Waals surface area contributed by atoms with Crippen molar-refractivity contribution < 1.29 is 24.2 Å². The van der Waals surface area contributed by atoms with E-state index in [2.05, 4.69) is 28.1 Å². The highest BCUT2D eigenvalue weighted by Crippen LogP contribution is 2.44. The molecule has 6 nitrogen and oxygen atoms in total. The van der Waals surface area contributed by atoms with E-state index in [9.17, 15) is 9.59 Å². The minimum absolute atomic E-state index is 0.0769. The van der Waals surface area contributed by atoms with E-state index < -0.39 is 5.97 Å². The number of hydrogen-bond acceptors (Lipinski definition) is 4. The first kappa shape index (κ1) is 20.6. The van der Waals surface area contributed by atoms with E-state index in [1.54, 1.807) is 29.2 Å². The molecule has 5 rings (SSSR count). The summed E-state index contributed by atoms with van der Waals surface area (Å²) in [4.78, 5) is 25.5. The third-order valence-electron chi connectivity index (χ3n) is 5.81. The number of ether oxygens (including phenoxy) is 2. The molecule has 2 atom stereocenters. The maximum Gasteiger partial charge on any atom is 0.411 e. The summed E-state index contributed by atoms with van der Waals surface area (Å²) in [5, 5.41) is 9.06. The molecule has 1 N–H and O–H groups in total. The van der Waals surface area contributed by atoms with E-state index >= 15 is 0 Å². The first-order valence-electron chi connectivity index (χ1n) is 10.3. The van der Waals surface area contributed by atoms with Crippen LogP contribution in [0.1, 0.15) is 28.3 Å². The lowest BCUT2D eigenvalue weighted by Gasteiger charge is -2.23. The highest BCUT2D eigenvalue weighted by molar-refractivity contribution is 9.10. The predicted octanol–water partition coefficient (Wildman–Crippen LogP) is 5.49. The molecule has 0 radical (unpaired) electrons. The summed E-state index contributed by atoms with van der Waals surface area (Å²) in [7, 11) is 0. The average molecular weight is 494 g/mol. The molecule has 32 heavy (non-hydrogen) atoms. The van der Waals surface area contributed by atoms with Gasteiger partial charge >= 0.3 is 12.1 Å². The second-order valence-corrected chi connectivity index (χ2v) is 8.89. The van der Waals surface area contributed by atoms with Gasteiger partial charge in [0.1, 0.15) is 17.6 Å². The Bertz CT molecular complexity index is 1210. The molecular weight excluding hydrogens is 474 g/mol. The molecule has 7 heteroatoms.